The van der Waals surface area contributed by atoms with E-state index in [9.17, 15) is 43.2 Å². The zero-order valence-corrected chi connectivity index (χ0v) is 61.3. The average molecular weight is 1350 g/mol. The third-order valence-electron chi connectivity index (χ3n) is 17.1. The fourth-order valence-electron chi connectivity index (χ4n) is 11.2. The van der Waals surface area contributed by atoms with Gasteiger partial charge in [0.05, 0.1) is 26.4 Å². The van der Waals surface area contributed by atoms with E-state index in [1.54, 1.807) is 0 Å². The van der Waals surface area contributed by atoms with E-state index in [-0.39, 0.29) is 25.7 Å². The largest absolute Gasteiger partial charge is 0.472 e. The monoisotopic (exact) mass is 1350 g/mol. The van der Waals surface area contributed by atoms with Crippen molar-refractivity contribution in [1.29, 1.82) is 0 Å². The molecule has 0 aliphatic rings. The first-order chi connectivity index (χ1) is 44.7. The fourth-order valence-corrected chi connectivity index (χ4v) is 12.8. The van der Waals surface area contributed by atoms with E-state index in [0.29, 0.717) is 25.7 Å². The molecule has 0 rings (SSSR count). The maximum atomic E-state index is 13.1. The zero-order chi connectivity index (χ0) is 67.5. The van der Waals surface area contributed by atoms with Gasteiger partial charge in [-0.2, -0.15) is 0 Å². The van der Waals surface area contributed by atoms with E-state index in [1.165, 1.54) is 218 Å². The molecule has 0 aromatic rings. The highest BCUT2D eigenvalue weighted by Crippen LogP contribution is 2.45. The molecule has 0 spiro atoms. The Kier molecular flexibility index (Phi) is 66.2. The van der Waals surface area contributed by atoms with E-state index in [2.05, 4.69) is 27.7 Å². The fraction of sp³-hybridized carbons (Fsp3) is 0.945. The number of phosphoric ester groups is 2. The summed E-state index contributed by atoms with van der Waals surface area (Å²) in [6.45, 7) is 4.96. The molecule has 0 fully saturated rings. The van der Waals surface area contributed by atoms with Crippen molar-refractivity contribution in [3.63, 3.8) is 0 Å². The van der Waals surface area contributed by atoms with Gasteiger partial charge in [0.15, 0.2) is 12.2 Å². The molecule has 2 unspecified atom stereocenters. The number of esters is 4. The lowest BCUT2D eigenvalue weighted by Crippen LogP contribution is -2.30. The van der Waals surface area contributed by atoms with Gasteiger partial charge in [0.1, 0.15) is 19.3 Å². The van der Waals surface area contributed by atoms with Gasteiger partial charge in [0.25, 0.3) is 0 Å². The number of aliphatic hydroxyl groups is 1. The van der Waals surface area contributed by atoms with Crippen molar-refractivity contribution in [2.75, 3.05) is 39.6 Å². The molecule has 0 aromatic carbocycles. The van der Waals surface area contributed by atoms with Crippen molar-refractivity contribution >= 4 is 39.5 Å². The Labute approximate surface area is 562 Å². The lowest BCUT2D eigenvalue weighted by atomic mass is 10.0. The standard InChI is InChI=1S/C73H142O17P2/c1-5-9-13-17-21-25-29-31-32-33-34-35-36-40-44-48-52-56-60-73(78)90-69(64-84-71(76)58-54-50-46-42-39-30-26-22-18-14-10-6-2)66-88-92(81,82)86-62-67(74)61-85-91(79,80)87-65-68(89-72(77)59-55-51-47-43-38-28-24-20-16-12-8-4)63-83-70(75)57-53-49-45-41-37-27-23-19-15-11-7-3/h67-69,74H,5-66H2,1-4H3,(H,79,80)(H,81,82)/t67-,68+,69+/m0/s1. The zero-order valence-electron chi connectivity index (χ0n) is 59.5. The van der Waals surface area contributed by atoms with E-state index in [4.69, 9.17) is 37.0 Å². The molecule has 0 saturated carbocycles. The molecule has 0 heterocycles. The van der Waals surface area contributed by atoms with Crippen molar-refractivity contribution < 1.29 is 80.2 Å². The molecule has 5 atom stereocenters. The molecule has 17 nitrogen and oxygen atoms in total. The summed E-state index contributed by atoms with van der Waals surface area (Å²) in [5.74, 6) is -2.11. The highest BCUT2D eigenvalue weighted by Gasteiger charge is 2.30. The molecular weight excluding hydrogens is 1210 g/mol. The third-order valence-corrected chi connectivity index (χ3v) is 19.0. The van der Waals surface area contributed by atoms with Gasteiger partial charge in [-0.25, -0.2) is 9.13 Å². The molecule has 19 heteroatoms. The normalized spacial score (nSPS) is 13.9. The molecule has 0 aliphatic carbocycles. The number of hydrogen-bond acceptors (Lipinski definition) is 15. The van der Waals surface area contributed by atoms with Gasteiger partial charge in [-0.1, -0.05) is 336 Å². The van der Waals surface area contributed by atoms with E-state index in [1.807, 2.05) is 0 Å². The van der Waals surface area contributed by atoms with E-state index < -0.39 is 97.5 Å². The molecule has 0 amide bonds. The van der Waals surface area contributed by atoms with Gasteiger partial charge in [0, 0.05) is 25.7 Å². The van der Waals surface area contributed by atoms with Gasteiger partial charge in [0.2, 0.25) is 0 Å². The Morgan fingerprint density at radius 2 is 0.435 bits per heavy atom. The average Bonchev–Trinajstić information content (AvgIpc) is 2.37. The number of aliphatic hydroxyl groups excluding tert-OH is 1. The van der Waals surface area contributed by atoms with E-state index >= 15 is 0 Å². The van der Waals surface area contributed by atoms with Crippen LogP contribution in [0.15, 0.2) is 0 Å². The minimum absolute atomic E-state index is 0.108. The molecule has 3 N–H and O–H groups in total. The predicted molar refractivity (Wildman–Crippen MR) is 372 cm³/mol. The molecule has 0 bridgehead atoms. The maximum absolute atomic E-state index is 13.1. The second-order valence-electron chi connectivity index (χ2n) is 26.3. The van der Waals surface area contributed by atoms with Crippen LogP contribution in [0.1, 0.15) is 387 Å². The van der Waals surface area contributed by atoms with Gasteiger partial charge < -0.3 is 33.8 Å². The minimum atomic E-state index is -4.95. The molecule has 546 valence electrons. The van der Waals surface area contributed by atoms with Crippen LogP contribution < -0.4 is 0 Å². The van der Waals surface area contributed by atoms with Crippen LogP contribution >= 0.6 is 15.6 Å². The summed E-state index contributed by atoms with van der Waals surface area (Å²) in [6.07, 6.45) is 56.7. The summed E-state index contributed by atoms with van der Waals surface area (Å²) in [5, 5.41) is 10.6. The van der Waals surface area contributed by atoms with E-state index in [0.717, 1.165) is 89.9 Å². The van der Waals surface area contributed by atoms with Crippen LogP contribution in [0, 0.1) is 0 Å². The summed E-state index contributed by atoms with van der Waals surface area (Å²) in [4.78, 5) is 72.6. The smallest absolute Gasteiger partial charge is 0.462 e. The summed E-state index contributed by atoms with van der Waals surface area (Å²) in [5.41, 5.74) is 0. The first-order valence-electron chi connectivity index (χ1n) is 38.3. The molecule has 0 aliphatic heterocycles. The molecule has 92 heavy (non-hydrogen) atoms. The molecule has 0 saturated heterocycles. The number of hydrogen-bond donors (Lipinski definition) is 3. The van der Waals surface area contributed by atoms with Crippen molar-refractivity contribution in [3.05, 3.63) is 0 Å². The van der Waals surface area contributed by atoms with Crippen LogP contribution in [0.25, 0.3) is 0 Å². The van der Waals surface area contributed by atoms with Crippen LogP contribution in [-0.2, 0) is 65.4 Å². The number of ether oxygens (including phenoxy) is 4. The molecule has 0 aromatic heterocycles. The quantitative estimate of drug-likeness (QED) is 0.0222. The summed E-state index contributed by atoms with van der Waals surface area (Å²) >= 11 is 0. The Balaban J connectivity index is 5.22. The topological polar surface area (TPSA) is 237 Å². The Hall–Kier alpha value is -1.94. The first-order valence-corrected chi connectivity index (χ1v) is 41.3. The highest BCUT2D eigenvalue weighted by molar-refractivity contribution is 7.47. The van der Waals surface area contributed by atoms with Crippen molar-refractivity contribution in [2.45, 2.75) is 406 Å². The Bertz CT molecular complexity index is 1760. The molecular formula is C73H142O17P2. The minimum Gasteiger partial charge on any atom is -0.462 e. The van der Waals surface area contributed by atoms with Gasteiger partial charge in [-0.3, -0.25) is 37.3 Å². The maximum Gasteiger partial charge on any atom is 0.472 e. The van der Waals surface area contributed by atoms with Crippen molar-refractivity contribution in [2.24, 2.45) is 0 Å². The number of carbonyl (C=O) groups is 4. The second-order valence-corrected chi connectivity index (χ2v) is 29.2. The van der Waals surface area contributed by atoms with Gasteiger partial charge >= 0.3 is 39.5 Å². The number of unbranched alkanes of at least 4 members (excludes halogenated alkanes) is 48. The second kappa shape index (κ2) is 67.6. The van der Waals surface area contributed by atoms with Crippen LogP contribution in [0.5, 0.6) is 0 Å². The lowest BCUT2D eigenvalue weighted by Gasteiger charge is -2.21. The Morgan fingerprint density at radius 1 is 0.261 bits per heavy atom. The van der Waals surface area contributed by atoms with Crippen molar-refractivity contribution in [3.8, 4) is 0 Å². The number of rotatable bonds is 74. The summed E-state index contributed by atoms with van der Waals surface area (Å²) < 4.78 is 68.4. The highest BCUT2D eigenvalue weighted by atomic mass is 31.2. The third kappa shape index (κ3) is 66.7. The van der Waals surface area contributed by atoms with Crippen molar-refractivity contribution in [1.82, 2.24) is 0 Å². The van der Waals surface area contributed by atoms with Crippen LogP contribution in [0.3, 0.4) is 0 Å². The van der Waals surface area contributed by atoms with Gasteiger partial charge in [-0.05, 0) is 25.7 Å². The number of phosphoric acid groups is 2. The predicted octanol–water partition coefficient (Wildman–Crippen LogP) is 21.4. The Morgan fingerprint density at radius 3 is 0.641 bits per heavy atom. The summed E-state index contributed by atoms with van der Waals surface area (Å²) in [6, 6.07) is 0. The molecule has 0 radical (unpaired) electrons. The summed E-state index contributed by atoms with van der Waals surface area (Å²) in [7, 11) is -9.90. The lowest BCUT2D eigenvalue weighted by molar-refractivity contribution is -0.161. The first kappa shape index (κ1) is 90.1. The van der Waals surface area contributed by atoms with Crippen LogP contribution in [0.4, 0.5) is 0 Å². The van der Waals surface area contributed by atoms with Crippen LogP contribution in [0.2, 0.25) is 0 Å². The van der Waals surface area contributed by atoms with Gasteiger partial charge in [-0.15, -0.1) is 0 Å². The number of carbonyl (C=O) groups excluding carboxylic acids is 4. The SMILES string of the molecule is CCCCCCCCCCCCCCCCCCCCC(=O)O[C@H](COC(=O)CCCCCCCCCCCCCC)COP(=O)(O)OC[C@@H](O)COP(=O)(O)OC[C@@H](COC(=O)CCCCCCCCCCCCC)OC(=O)CCCCCCCCCCCCC. The van der Waals surface area contributed by atoms with Crippen LogP contribution in [-0.4, -0.2) is 96.7 Å².